The molecule has 0 aliphatic carbocycles. The summed E-state index contributed by atoms with van der Waals surface area (Å²) < 4.78 is 0. The van der Waals surface area contributed by atoms with Gasteiger partial charge < -0.3 is 15.3 Å². The Morgan fingerprint density at radius 1 is 1.14 bits per heavy atom. The topological polar surface area (TPSA) is 61.3 Å². The Kier molecular flexibility index (Phi) is 4.23. The number of hydrogen-bond donors (Lipinski definition) is 2. The minimum Gasteiger partial charge on any atom is -0.508 e. The van der Waals surface area contributed by atoms with Crippen LogP contribution in [0.15, 0.2) is 36.5 Å². The molecule has 0 saturated carbocycles. The van der Waals surface area contributed by atoms with Crippen molar-refractivity contribution in [3.05, 3.63) is 47.9 Å². The van der Waals surface area contributed by atoms with E-state index in [1.54, 1.807) is 12.1 Å². The van der Waals surface area contributed by atoms with Crippen LogP contribution in [0.3, 0.4) is 0 Å². The lowest BCUT2D eigenvalue weighted by Crippen LogP contribution is -2.19. The zero-order valence-electron chi connectivity index (χ0n) is 12.7. The first-order chi connectivity index (χ1) is 10.7. The number of nitrogens with one attached hydrogen (secondary N) is 1. The summed E-state index contributed by atoms with van der Waals surface area (Å²) in [4.78, 5) is 11.2. The summed E-state index contributed by atoms with van der Waals surface area (Å²) in [7, 11) is 0. The number of rotatable bonds is 4. The van der Waals surface area contributed by atoms with Gasteiger partial charge in [-0.3, -0.25) is 0 Å². The van der Waals surface area contributed by atoms with Crippen LogP contribution in [0, 0.1) is 6.92 Å². The fourth-order valence-electron chi connectivity index (χ4n) is 2.54. The van der Waals surface area contributed by atoms with Crippen LogP contribution in [-0.2, 0) is 0 Å². The van der Waals surface area contributed by atoms with E-state index in [0.717, 1.165) is 36.1 Å². The zero-order valence-corrected chi connectivity index (χ0v) is 12.7. The van der Waals surface area contributed by atoms with Gasteiger partial charge in [-0.15, -0.1) is 0 Å². The summed E-state index contributed by atoms with van der Waals surface area (Å²) in [5.74, 6) is 2.83. The molecule has 1 aliphatic heterocycles. The third kappa shape index (κ3) is 3.55. The van der Waals surface area contributed by atoms with Gasteiger partial charge in [-0.05, 0) is 43.5 Å². The van der Waals surface area contributed by atoms with E-state index in [2.05, 4.69) is 20.2 Å². The minimum atomic E-state index is 0.270. The zero-order chi connectivity index (χ0) is 15.4. The van der Waals surface area contributed by atoms with Crippen molar-refractivity contribution in [3.63, 3.8) is 0 Å². The maximum atomic E-state index is 9.26. The Morgan fingerprint density at radius 3 is 2.59 bits per heavy atom. The first-order valence-corrected chi connectivity index (χ1v) is 7.53. The molecule has 2 N–H and O–H groups in total. The van der Waals surface area contributed by atoms with E-state index in [4.69, 9.17) is 0 Å². The van der Waals surface area contributed by atoms with Gasteiger partial charge in [0.05, 0.1) is 0 Å². The van der Waals surface area contributed by atoms with Crippen LogP contribution in [0.5, 0.6) is 5.75 Å². The van der Waals surface area contributed by atoms with Crippen LogP contribution in [0.2, 0.25) is 0 Å². The van der Waals surface area contributed by atoms with Gasteiger partial charge >= 0.3 is 0 Å². The molecule has 0 atom stereocenters. The van der Waals surface area contributed by atoms with Gasteiger partial charge in [0.25, 0.3) is 0 Å². The van der Waals surface area contributed by atoms with E-state index in [-0.39, 0.29) is 5.75 Å². The Balaban J connectivity index is 1.70. The quantitative estimate of drug-likeness (QED) is 0.907. The van der Waals surface area contributed by atoms with E-state index >= 15 is 0 Å². The number of hydrogen-bond acceptors (Lipinski definition) is 5. The maximum Gasteiger partial charge on any atom is 0.135 e. The van der Waals surface area contributed by atoms with Crippen LogP contribution in [0.4, 0.5) is 11.6 Å². The lowest BCUT2D eigenvalue weighted by Gasteiger charge is -2.17. The highest BCUT2D eigenvalue weighted by molar-refractivity contribution is 5.56. The molecule has 1 aliphatic rings. The van der Waals surface area contributed by atoms with Crippen molar-refractivity contribution in [2.45, 2.75) is 19.8 Å². The van der Waals surface area contributed by atoms with Gasteiger partial charge in [-0.2, -0.15) is 0 Å². The Morgan fingerprint density at radius 2 is 1.86 bits per heavy atom. The van der Waals surface area contributed by atoms with Crippen molar-refractivity contribution < 1.29 is 5.11 Å². The molecular weight excluding hydrogens is 276 g/mol. The van der Waals surface area contributed by atoms with Gasteiger partial charge in [0.15, 0.2) is 0 Å². The molecule has 2 heterocycles. The molecule has 2 aromatic rings. The van der Waals surface area contributed by atoms with Crippen LogP contribution in [0.25, 0.3) is 6.08 Å². The van der Waals surface area contributed by atoms with Crippen molar-refractivity contribution in [2.75, 3.05) is 23.3 Å². The molecule has 22 heavy (non-hydrogen) atoms. The number of phenols is 1. The lowest BCUT2D eigenvalue weighted by atomic mass is 10.2. The third-order valence-corrected chi connectivity index (χ3v) is 3.65. The van der Waals surface area contributed by atoms with Gasteiger partial charge in [-0.1, -0.05) is 12.1 Å². The Labute approximate surface area is 130 Å². The van der Waals surface area contributed by atoms with Crippen LogP contribution >= 0.6 is 0 Å². The van der Waals surface area contributed by atoms with Gasteiger partial charge in [-0.25, -0.2) is 9.97 Å². The molecule has 0 spiro atoms. The summed E-state index contributed by atoms with van der Waals surface area (Å²) in [6.45, 7) is 4.05. The summed E-state index contributed by atoms with van der Waals surface area (Å²) in [6.07, 6.45) is 6.24. The number of aromatic nitrogens is 2. The van der Waals surface area contributed by atoms with E-state index in [9.17, 15) is 5.11 Å². The number of anilines is 2. The molecule has 1 saturated heterocycles. The van der Waals surface area contributed by atoms with Gasteiger partial charge in [0.1, 0.15) is 23.2 Å². The minimum absolute atomic E-state index is 0.270. The van der Waals surface area contributed by atoms with Crippen molar-refractivity contribution in [3.8, 4) is 5.75 Å². The molecule has 0 unspecified atom stereocenters. The van der Waals surface area contributed by atoms with Gasteiger partial charge in [0.2, 0.25) is 0 Å². The van der Waals surface area contributed by atoms with Crippen LogP contribution < -0.4 is 10.2 Å². The standard InChI is InChI=1S/C17H20N4O/c1-13-19-16(12-17(20-13)21-10-2-3-11-21)18-9-8-14-4-6-15(22)7-5-14/h4-9,12,22H,2-3,10-11H2,1H3,(H,18,19,20)/b9-8+. The molecule has 0 radical (unpaired) electrons. The molecule has 3 rings (SSSR count). The summed E-state index contributed by atoms with van der Waals surface area (Å²) in [6, 6.07) is 9.03. The molecular formula is C17H20N4O. The fraction of sp³-hybridized carbons (Fsp3) is 0.294. The smallest absolute Gasteiger partial charge is 0.135 e. The van der Waals surface area contributed by atoms with Crippen molar-refractivity contribution >= 4 is 17.7 Å². The number of aryl methyl sites for hydroxylation is 1. The normalized spacial score (nSPS) is 14.7. The molecule has 0 amide bonds. The SMILES string of the molecule is Cc1nc(N/C=C/c2ccc(O)cc2)cc(N2CCCC2)n1. The molecule has 1 aromatic carbocycles. The average molecular weight is 296 g/mol. The first-order valence-electron chi connectivity index (χ1n) is 7.53. The highest BCUT2D eigenvalue weighted by atomic mass is 16.3. The number of benzene rings is 1. The number of nitrogens with zero attached hydrogens (tertiary/aromatic N) is 3. The maximum absolute atomic E-state index is 9.26. The number of phenolic OH excluding ortho intramolecular Hbond substituents is 1. The van der Waals surface area contributed by atoms with Crippen molar-refractivity contribution in [1.82, 2.24) is 9.97 Å². The average Bonchev–Trinajstić information content (AvgIpc) is 3.03. The molecule has 114 valence electrons. The predicted octanol–water partition coefficient (Wildman–Crippen LogP) is 3.17. The van der Waals surface area contributed by atoms with Crippen LogP contribution in [0.1, 0.15) is 24.2 Å². The Hall–Kier alpha value is -2.56. The highest BCUT2D eigenvalue weighted by Gasteiger charge is 2.14. The summed E-state index contributed by atoms with van der Waals surface area (Å²) in [5, 5.41) is 12.5. The second-order valence-corrected chi connectivity index (χ2v) is 5.42. The highest BCUT2D eigenvalue weighted by Crippen LogP contribution is 2.20. The monoisotopic (exact) mass is 296 g/mol. The van der Waals surface area contributed by atoms with E-state index in [1.807, 2.05) is 37.4 Å². The van der Waals surface area contributed by atoms with E-state index in [0.29, 0.717) is 0 Å². The second kappa shape index (κ2) is 6.47. The first kappa shape index (κ1) is 14.4. The lowest BCUT2D eigenvalue weighted by molar-refractivity contribution is 0.475. The fourth-order valence-corrected chi connectivity index (χ4v) is 2.54. The van der Waals surface area contributed by atoms with Crippen molar-refractivity contribution in [1.29, 1.82) is 0 Å². The molecule has 5 nitrogen and oxygen atoms in total. The molecule has 1 aromatic heterocycles. The Bertz CT molecular complexity index is 661. The van der Waals surface area contributed by atoms with Crippen LogP contribution in [-0.4, -0.2) is 28.2 Å². The van der Waals surface area contributed by atoms with E-state index in [1.165, 1.54) is 12.8 Å². The van der Waals surface area contributed by atoms with Crippen molar-refractivity contribution in [2.24, 2.45) is 0 Å². The molecule has 0 bridgehead atoms. The predicted molar refractivity (Wildman–Crippen MR) is 89.0 cm³/mol. The van der Waals surface area contributed by atoms with Gasteiger partial charge in [0, 0.05) is 25.4 Å². The van der Waals surface area contributed by atoms with E-state index < -0.39 is 0 Å². The third-order valence-electron chi connectivity index (χ3n) is 3.65. The summed E-state index contributed by atoms with van der Waals surface area (Å²) in [5.41, 5.74) is 1.01. The molecule has 1 fully saturated rings. The number of aromatic hydroxyl groups is 1. The largest absolute Gasteiger partial charge is 0.508 e. The second-order valence-electron chi connectivity index (χ2n) is 5.42. The summed E-state index contributed by atoms with van der Waals surface area (Å²) >= 11 is 0. The molecule has 5 heteroatoms.